The number of benzene rings is 1. The van der Waals surface area contributed by atoms with Crippen molar-refractivity contribution < 1.29 is 26.9 Å². The van der Waals surface area contributed by atoms with Crippen LogP contribution in [0.5, 0.6) is 5.75 Å². The molecule has 2 rings (SSSR count). The number of nitrogens with zero attached hydrogens (tertiary/aromatic N) is 1. The molecule has 1 amide bonds. The number of hydrogen-bond donors (Lipinski definition) is 0. The van der Waals surface area contributed by atoms with Crippen molar-refractivity contribution >= 4 is 21.7 Å². The molecule has 1 aromatic carbocycles. The molecule has 3 atom stereocenters. The summed E-state index contributed by atoms with van der Waals surface area (Å²) in [5, 5.41) is 0. The van der Waals surface area contributed by atoms with E-state index in [1.165, 1.54) is 11.0 Å². The number of carbonyl (C=O) groups excluding carboxylic acids is 1. The smallest absolute Gasteiger partial charge is 0.264 e. The van der Waals surface area contributed by atoms with Gasteiger partial charge >= 0.3 is 0 Å². The number of hydrogen-bond acceptors (Lipinski definition) is 6. The predicted octanol–water partition coefficient (Wildman–Crippen LogP) is 1.90. The highest BCUT2D eigenvalue weighted by Gasteiger charge is 2.53. The van der Waals surface area contributed by atoms with Crippen LogP contribution in [0, 0.1) is 0 Å². The molecule has 0 aliphatic carbocycles. The Balaban J connectivity index is 2.35. The summed E-state index contributed by atoms with van der Waals surface area (Å²) in [5.74, 6) is 0.376. The Hall–Kier alpha value is -2.16. The predicted molar refractivity (Wildman–Crippen MR) is 98.7 cm³/mol. The molecular formula is C18H23NO6S. The first kappa shape index (κ1) is 20.2. The zero-order valence-electron chi connectivity index (χ0n) is 14.8. The normalized spacial score (nSPS) is 21.0. The maximum Gasteiger partial charge on any atom is 0.264 e. The van der Waals surface area contributed by atoms with E-state index in [0.29, 0.717) is 11.4 Å². The Kier molecular flexibility index (Phi) is 6.57. The molecule has 0 spiro atoms. The molecule has 142 valence electrons. The summed E-state index contributed by atoms with van der Waals surface area (Å²) in [5.41, 5.74) is 0.602. The van der Waals surface area contributed by atoms with E-state index >= 15 is 0 Å². The van der Waals surface area contributed by atoms with E-state index in [0.717, 1.165) is 6.26 Å². The molecule has 26 heavy (non-hydrogen) atoms. The molecule has 1 aliphatic heterocycles. The molecule has 0 radical (unpaired) electrons. The van der Waals surface area contributed by atoms with Crippen LogP contribution in [0.4, 0.5) is 5.69 Å². The molecular weight excluding hydrogens is 358 g/mol. The highest BCUT2D eigenvalue weighted by molar-refractivity contribution is 7.86. The van der Waals surface area contributed by atoms with Gasteiger partial charge in [-0.3, -0.25) is 8.98 Å². The molecule has 1 aromatic rings. The van der Waals surface area contributed by atoms with Crippen LogP contribution in [0.2, 0.25) is 0 Å². The summed E-state index contributed by atoms with van der Waals surface area (Å²) >= 11 is 0. The van der Waals surface area contributed by atoms with Crippen molar-refractivity contribution in [3.05, 3.63) is 49.6 Å². The zero-order chi connectivity index (χ0) is 19.3. The third kappa shape index (κ3) is 4.51. The number of anilines is 1. The van der Waals surface area contributed by atoms with Crippen molar-refractivity contribution in [3.8, 4) is 5.75 Å². The van der Waals surface area contributed by atoms with Gasteiger partial charge in [-0.05, 0) is 30.7 Å². The molecule has 2 unspecified atom stereocenters. The van der Waals surface area contributed by atoms with Gasteiger partial charge in [-0.25, -0.2) is 0 Å². The SMILES string of the molecule is C=CCO[C@H]1C(=O)N(c2ccc(OC)cc2)C1C(CC=C)OS(C)(=O)=O. The van der Waals surface area contributed by atoms with Crippen LogP contribution in [0.1, 0.15) is 6.42 Å². The van der Waals surface area contributed by atoms with E-state index in [9.17, 15) is 13.2 Å². The van der Waals surface area contributed by atoms with Gasteiger partial charge in [0.15, 0.2) is 6.10 Å². The number of amides is 1. The molecule has 0 N–H and O–H groups in total. The zero-order valence-corrected chi connectivity index (χ0v) is 15.6. The molecule has 1 saturated heterocycles. The van der Waals surface area contributed by atoms with Crippen molar-refractivity contribution in [2.75, 3.05) is 24.9 Å². The highest BCUT2D eigenvalue weighted by Crippen LogP contribution is 2.35. The fourth-order valence-corrected chi connectivity index (χ4v) is 3.49. The lowest BCUT2D eigenvalue weighted by Crippen LogP contribution is -2.70. The first-order chi connectivity index (χ1) is 12.3. The Labute approximate surface area is 154 Å². The summed E-state index contributed by atoms with van der Waals surface area (Å²) in [4.78, 5) is 14.1. The van der Waals surface area contributed by atoms with Crippen LogP contribution in [0.25, 0.3) is 0 Å². The lowest BCUT2D eigenvalue weighted by molar-refractivity contribution is -0.144. The second-order valence-corrected chi connectivity index (χ2v) is 7.40. The van der Waals surface area contributed by atoms with Crippen LogP contribution in [-0.4, -0.2) is 52.5 Å². The Morgan fingerprint density at radius 2 is 1.88 bits per heavy atom. The first-order valence-corrected chi connectivity index (χ1v) is 9.82. The maximum absolute atomic E-state index is 12.6. The van der Waals surface area contributed by atoms with Crippen LogP contribution in [0.3, 0.4) is 0 Å². The number of methoxy groups -OCH3 is 1. The second kappa shape index (κ2) is 8.48. The quantitative estimate of drug-likeness (QED) is 0.350. The van der Waals surface area contributed by atoms with Gasteiger partial charge in [-0.1, -0.05) is 12.2 Å². The highest BCUT2D eigenvalue weighted by atomic mass is 32.2. The number of β-lactam (4-membered cyclic amide) rings is 1. The van der Waals surface area contributed by atoms with Gasteiger partial charge in [0, 0.05) is 5.69 Å². The van der Waals surface area contributed by atoms with Gasteiger partial charge in [-0.2, -0.15) is 8.42 Å². The van der Waals surface area contributed by atoms with E-state index in [-0.39, 0.29) is 18.9 Å². The number of rotatable bonds is 10. The maximum atomic E-state index is 12.6. The van der Waals surface area contributed by atoms with E-state index in [2.05, 4.69) is 13.2 Å². The van der Waals surface area contributed by atoms with E-state index in [1.54, 1.807) is 37.5 Å². The van der Waals surface area contributed by atoms with Gasteiger partial charge in [0.05, 0.1) is 20.0 Å². The minimum atomic E-state index is -3.73. The average Bonchev–Trinajstić information content (AvgIpc) is 2.59. The molecule has 1 fully saturated rings. The Morgan fingerprint density at radius 3 is 2.38 bits per heavy atom. The van der Waals surface area contributed by atoms with Gasteiger partial charge in [-0.15, -0.1) is 13.2 Å². The third-order valence-corrected chi connectivity index (χ3v) is 4.51. The standard InChI is InChI=1S/C18H23NO6S/c1-5-7-15(25-26(4,21)22)16-17(24-12-6-2)18(20)19(16)13-8-10-14(23-3)11-9-13/h5-6,8-11,15-17H,1-2,7,12H2,3-4H3/t15?,16?,17-/m1/s1. The van der Waals surface area contributed by atoms with Gasteiger partial charge in [0.1, 0.15) is 17.9 Å². The molecule has 7 nitrogen and oxygen atoms in total. The minimum Gasteiger partial charge on any atom is -0.497 e. The largest absolute Gasteiger partial charge is 0.497 e. The molecule has 1 heterocycles. The van der Waals surface area contributed by atoms with Crippen LogP contribution >= 0.6 is 0 Å². The van der Waals surface area contributed by atoms with E-state index < -0.39 is 28.4 Å². The summed E-state index contributed by atoms with van der Waals surface area (Å²) in [7, 11) is -2.18. The Morgan fingerprint density at radius 1 is 1.23 bits per heavy atom. The minimum absolute atomic E-state index is 0.170. The van der Waals surface area contributed by atoms with E-state index in [1.807, 2.05) is 0 Å². The van der Waals surface area contributed by atoms with Crippen molar-refractivity contribution in [2.45, 2.75) is 24.7 Å². The number of ether oxygens (including phenoxy) is 2. The Bertz CT molecular complexity index is 758. The summed E-state index contributed by atoms with van der Waals surface area (Å²) < 4.78 is 39.2. The summed E-state index contributed by atoms with van der Waals surface area (Å²) in [6.45, 7) is 7.39. The fourth-order valence-electron chi connectivity index (χ4n) is 2.85. The van der Waals surface area contributed by atoms with Crippen LogP contribution in [0.15, 0.2) is 49.6 Å². The van der Waals surface area contributed by atoms with Gasteiger partial charge in [0.25, 0.3) is 16.0 Å². The summed E-state index contributed by atoms with van der Waals surface area (Å²) in [6, 6.07) is 6.27. The van der Waals surface area contributed by atoms with Gasteiger partial charge < -0.3 is 14.4 Å². The molecule has 8 heteroatoms. The monoisotopic (exact) mass is 381 g/mol. The lowest BCUT2D eigenvalue weighted by Gasteiger charge is -2.49. The molecule has 0 bridgehead atoms. The molecule has 1 aliphatic rings. The van der Waals surface area contributed by atoms with Crippen LogP contribution in [-0.2, 0) is 23.8 Å². The molecule has 0 saturated carbocycles. The molecule has 0 aromatic heterocycles. The topological polar surface area (TPSA) is 82.1 Å². The average molecular weight is 381 g/mol. The van der Waals surface area contributed by atoms with E-state index in [4.69, 9.17) is 13.7 Å². The first-order valence-electron chi connectivity index (χ1n) is 8.01. The lowest BCUT2D eigenvalue weighted by atomic mass is 9.90. The van der Waals surface area contributed by atoms with Crippen LogP contribution < -0.4 is 9.64 Å². The van der Waals surface area contributed by atoms with Crippen molar-refractivity contribution in [2.24, 2.45) is 0 Å². The fraction of sp³-hybridized carbons (Fsp3) is 0.389. The summed E-state index contributed by atoms with van der Waals surface area (Å²) in [6.07, 6.45) is 2.67. The third-order valence-electron chi connectivity index (χ3n) is 3.91. The van der Waals surface area contributed by atoms with Crippen molar-refractivity contribution in [1.82, 2.24) is 0 Å². The second-order valence-electron chi connectivity index (χ2n) is 5.80. The van der Waals surface area contributed by atoms with Crippen molar-refractivity contribution in [3.63, 3.8) is 0 Å². The van der Waals surface area contributed by atoms with Gasteiger partial charge in [0.2, 0.25) is 0 Å². The van der Waals surface area contributed by atoms with Crippen molar-refractivity contribution in [1.29, 1.82) is 0 Å². The number of carbonyl (C=O) groups is 1.